The number of carbonyl (C=O) groups excluding carboxylic acids is 2. The molecule has 0 aliphatic carbocycles. The second-order valence-corrected chi connectivity index (χ2v) is 8.77. The summed E-state index contributed by atoms with van der Waals surface area (Å²) in [6, 6.07) is 15.4. The number of amides is 2. The van der Waals surface area contributed by atoms with Crippen LogP contribution in [0, 0.1) is 11.8 Å². The van der Waals surface area contributed by atoms with Crippen LogP contribution in [0.25, 0.3) is 0 Å². The largest absolute Gasteiger partial charge is 0.494 e. The van der Waals surface area contributed by atoms with E-state index in [4.69, 9.17) is 4.74 Å². The molecule has 3 rings (SSSR count). The van der Waals surface area contributed by atoms with Gasteiger partial charge in [0, 0.05) is 19.0 Å². The van der Waals surface area contributed by atoms with E-state index in [-0.39, 0.29) is 17.7 Å². The summed E-state index contributed by atoms with van der Waals surface area (Å²) in [5.41, 5.74) is 2.31. The maximum absolute atomic E-state index is 12.9. The molecule has 172 valence electrons. The van der Waals surface area contributed by atoms with Crippen molar-refractivity contribution < 1.29 is 14.3 Å². The summed E-state index contributed by atoms with van der Waals surface area (Å²) in [6.45, 7) is 9.94. The predicted molar refractivity (Wildman–Crippen MR) is 128 cm³/mol. The van der Waals surface area contributed by atoms with E-state index in [1.165, 1.54) is 5.56 Å². The number of benzene rings is 2. The van der Waals surface area contributed by atoms with Crippen LogP contribution >= 0.6 is 0 Å². The summed E-state index contributed by atoms with van der Waals surface area (Å²) >= 11 is 0. The Kier molecular flexibility index (Phi) is 8.68. The number of nitrogens with one attached hydrogen (secondary N) is 2. The highest BCUT2D eigenvalue weighted by Gasteiger charge is 2.26. The number of para-hydroxylation sites is 1. The molecule has 0 spiro atoms. The minimum absolute atomic E-state index is 0.00731. The zero-order valence-electron chi connectivity index (χ0n) is 19.4. The van der Waals surface area contributed by atoms with Gasteiger partial charge in [-0.1, -0.05) is 38.1 Å². The van der Waals surface area contributed by atoms with Crippen molar-refractivity contribution in [2.24, 2.45) is 11.8 Å². The quantitative estimate of drug-likeness (QED) is 0.613. The van der Waals surface area contributed by atoms with Crippen molar-refractivity contribution in [2.75, 3.05) is 31.6 Å². The summed E-state index contributed by atoms with van der Waals surface area (Å²) in [5.74, 6) is 1.06. The molecule has 0 atom stereocenters. The Morgan fingerprint density at radius 3 is 2.56 bits per heavy atom. The first-order chi connectivity index (χ1) is 15.5. The van der Waals surface area contributed by atoms with Gasteiger partial charge in [0.05, 0.1) is 17.9 Å². The lowest BCUT2D eigenvalue weighted by molar-refractivity contribution is -0.121. The van der Waals surface area contributed by atoms with Crippen molar-refractivity contribution in [3.05, 3.63) is 59.7 Å². The van der Waals surface area contributed by atoms with Gasteiger partial charge in [-0.2, -0.15) is 0 Å². The van der Waals surface area contributed by atoms with Crippen LogP contribution in [0.5, 0.6) is 5.75 Å². The molecule has 1 fully saturated rings. The van der Waals surface area contributed by atoms with Gasteiger partial charge < -0.3 is 15.4 Å². The van der Waals surface area contributed by atoms with Gasteiger partial charge in [-0.25, -0.2) is 0 Å². The fourth-order valence-electron chi connectivity index (χ4n) is 3.93. The van der Waals surface area contributed by atoms with Crippen molar-refractivity contribution in [3.63, 3.8) is 0 Å². The number of ether oxygens (including phenoxy) is 1. The topological polar surface area (TPSA) is 70.7 Å². The lowest BCUT2D eigenvalue weighted by Gasteiger charge is -2.31. The summed E-state index contributed by atoms with van der Waals surface area (Å²) in [6.07, 6.45) is 1.61. The van der Waals surface area contributed by atoms with Gasteiger partial charge in [-0.15, -0.1) is 0 Å². The van der Waals surface area contributed by atoms with E-state index in [1.807, 2.05) is 31.2 Å². The van der Waals surface area contributed by atoms with Crippen LogP contribution in [0.3, 0.4) is 0 Å². The fraction of sp³-hybridized carbons (Fsp3) is 0.462. The molecule has 6 nitrogen and oxygen atoms in total. The normalized spacial score (nSPS) is 14.9. The van der Waals surface area contributed by atoms with Gasteiger partial charge in [-0.3, -0.25) is 14.5 Å². The highest BCUT2D eigenvalue weighted by atomic mass is 16.5. The Bertz CT molecular complexity index is 905. The molecule has 32 heavy (non-hydrogen) atoms. The second-order valence-electron chi connectivity index (χ2n) is 8.77. The lowest BCUT2D eigenvalue weighted by Crippen LogP contribution is -2.38. The van der Waals surface area contributed by atoms with Gasteiger partial charge in [0.25, 0.3) is 5.91 Å². The molecule has 0 saturated carbocycles. The SMILES string of the molecule is CCOc1cccc(CN2CCC(C(=O)Nc3ccccc3C(=O)NCC(C)C)CC2)c1. The van der Waals surface area contributed by atoms with Crippen LogP contribution in [0.2, 0.25) is 0 Å². The van der Waals surface area contributed by atoms with E-state index in [1.54, 1.807) is 12.1 Å². The van der Waals surface area contributed by atoms with E-state index in [2.05, 4.69) is 41.5 Å². The number of hydrogen-bond acceptors (Lipinski definition) is 4. The summed E-state index contributed by atoms with van der Waals surface area (Å²) in [5, 5.41) is 5.93. The predicted octanol–water partition coefficient (Wildman–Crippen LogP) is 4.32. The Morgan fingerprint density at radius 2 is 1.84 bits per heavy atom. The minimum Gasteiger partial charge on any atom is -0.494 e. The number of rotatable bonds is 9. The molecule has 2 aromatic rings. The molecule has 1 aliphatic heterocycles. The number of hydrogen-bond donors (Lipinski definition) is 2. The molecule has 0 radical (unpaired) electrons. The van der Waals surface area contributed by atoms with Crippen LogP contribution in [-0.4, -0.2) is 43.0 Å². The smallest absolute Gasteiger partial charge is 0.253 e. The molecule has 2 aromatic carbocycles. The molecule has 0 bridgehead atoms. The first-order valence-corrected chi connectivity index (χ1v) is 11.6. The molecular formula is C26H35N3O3. The number of carbonyl (C=O) groups is 2. The molecule has 1 heterocycles. The number of nitrogens with zero attached hydrogens (tertiary/aromatic N) is 1. The summed E-state index contributed by atoms with van der Waals surface area (Å²) in [7, 11) is 0. The van der Waals surface area contributed by atoms with Crippen molar-refractivity contribution in [3.8, 4) is 5.75 Å². The Hall–Kier alpha value is -2.86. The van der Waals surface area contributed by atoms with Gasteiger partial charge in [-0.05, 0) is 68.6 Å². The molecular weight excluding hydrogens is 402 g/mol. The van der Waals surface area contributed by atoms with E-state index in [9.17, 15) is 9.59 Å². The van der Waals surface area contributed by atoms with Crippen LogP contribution in [0.1, 0.15) is 49.5 Å². The Balaban J connectivity index is 1.53. The zero-order chi connectivity index (χ0) is 22.9. The third-order valence-electron chi connectivity index (χ3n) is 5.67. The standard InChI is InChI=1S/C26H35N3O3/c1-4-32-22-9-7-8-20(16-22)18-29-14-12-21(13-15-29)25(30)28-24-11-6-5-10-23(24)26(31)27-17-19(2)3/h5-11,16,19,21H,4,12-15,17-18H2,1-3H3,(H,27,31)(H,28,30). The highest BCUT2D eigenvalue weighted by Crippen LogP contribution is 2.23. The number of piperidine rings is 1. The minimum atomic E-state index is -0.154. The van der Waals surface area contributed by atoms with Crippen molar-refractivity contribution in [1.82, 2.24) is 10.2 Å². The molecule has 2 N–H and O–H groups in total. The first kappa shape index (κ1) is 23.8. The van der Waals surface area contributed by atoms with Gasteiger partial charge in [0.1, 0.15) is 5.75 Å². The van der Waals surface area contributed by atoms with Crippen molar-refractivity contribution >= 4 is 17.5 Å². The highest BCUT2D eigenvalue weighted by molar-refractivity contribution is 6.04. The maximum atomic E-state index is 12.9. The van der Waals surface area contributed by atoms with Crippen LogP contribution in [0.4, 0.5) is 5.69 Å². The molecule has 1 aliphatic rings. The zero-order valence-corrected chi connectivity index (χ0v) is 19.4. The average molecular weight is 438 g/mol. The van der Waals surface area contributed by atoms with Gasteiger partial charge >= 0.3 is 0 Å². The van der Waals surface area contributed by atoms with E-state index in [0.717, 1.165) is 38.2 Å². The Labute approximate surface area is 191 Å². The Morgan fingerprint density at radius 1 is 1.09 bits per heavy atom. The maximum Gasteiger partial charge on any atom is 0.253 e. The second kappa shape index (κ2) is 11.7. The third-order valence-corrected chi connectivity index (χ3v) is 5.67. The first-order valence-electron chi connectivity index (χ1n) is 11.6. The van der Waals surface area contributed by atoms with Crippen LogP contribution in [0.15, 0.2) is 48.5 Å². The van der Waals surface area contributed by atoms with Gasteiger partial charge in [0.2, 0.25) is 5.91 Å². The summed E-state index contributed by atoms with van der Waals surface area (Å²) < 4.78 is 5.59. The van der Waals surface area contributed by atoms with Crippen molar-refractivity contribution in [1.29, 1.82) is 0 Å². The summed E-state index contributed by atoms with van der Waals surface area (Å²) in [4.78, 5) is 27.8. The van der Waals surface area contributed by atoms with E-state index in [0.29, 0.717) is 30.3 Å². The number of likely N-dealkylation sites (tertiary alicyclic amines) is 1. The lowest BCUT2D eigenvalue weighted by atomic mass is 9.95. The van der Waals surface area contributed by atoms with E-state index >= 15 is 0 Å². The van der Waals surface area contributed by atoms with Crippen molar-refractivity contribution in [2.45, 2.75) is 40.2 Å². The van der Waals surface area contributed by atoms with Gasteiger partial charge in [0.15, 0.2) is 0 Å². The van der Waals surface area contributed by atoms with Crippen LogP contribution in [-0.2, 0) is 11.3 Å². The monoisotopic (exact) mass is 437 g/mol. The number of anilines is 1. The molecule has 0 aromatic heterocycles. The average Bonchev–Trinajstić information content (AvgIpc) is 2.79. The third kappa shape index (κ3) is 6.82. The molecule has 0 unspecified atom stereocenters. The van der Waals surface area contributed by atoms with E-state index < -0.39 is 0 Å². The molecule has 2 amide bonds. The fourth-order valence-corrected chi connectivity index (χ4v) is 3.93. The van der Waals surface area contributed by atoms with Crippen LogP contribution < -0.4 is 15.4 Å². The molecule has 1 saturated heterocycles. The molecule has 6 heteroatoms.